The number of sulfone groups is 1. The van der Waals surface area contributed by atoms with Gasteiger partial charge in [0.15, 0.2) is 9.84 Å². The van der Waals surface area contributed by atoms with E-state index >= 15 is 0 Å². The lowest BCUT2D eigenvalue weighted by atomic mass is 10.0. The summed E-state index contributed by atoms with van der Waals surface area (Å²) in [5, 5.41) is 1.70. The average molecular weight is 277 g/mol. The Morgan fingerprint density at radius 2 is 1.68 bits per heavy atom. The number of hydrogen-bond donors (Lipinski definition) is 1. The summed E-state index contributed by atoms with van der Waals surface area (Å²) in [5.74, 6) is 0.275. The van der Waals surface area contributed by atoms with E-state index in [9.17, 15) is 8.42 Å². The molecule has 3 nitrogen and oxygen atoms in total. The second kappa shape index (κ2) is 5.31. The van der Waals surface area contributed by atoms with Crippen LogP contribution in [0, 0.1) is 5.92 Å². The standard InChI is InChI=1S/C15H19NO2S/c1-11(2)10-19(17,18)15-8-7-12(9-16)13-5-3-4-6-14(13)15/h3-8,11H,9-10,16H2,1-2H3. The first-order valence-electron chi connectivity index (χ1n) is 6.39. The van der Waals surface area contributed by atoms with Crippen molar-refractivity contribution >= 4 is 20.6 Å². The van der Waals surface area contributed by atoms with Gasteiger partial charge in [0, 0.05) is 11.9 Å². The van der Waals surface area contributed by atoms with E-state index in [0.717, 1.165) is 16.3 Å². The second-order valence-corrected chi connectivity index (χ2v) is 7.15. The minimum absolute atomic E-state index is 0.109. The van der Waals surface area contributed by atoms with Crippen molar-refractivity contribution in [3.05, 3.63) is 42.0 Å². The van der Waals surface area contributed by atoms with E-state index < -0.39 is 9.84 Å². The second-order valence-electron chi connectivity index (χ2n) is 5.15. The fraction of sp³-hybridized carbons (Fsp3) is 0.333. The van der Waals surface area contributed by atoms with Crippen LogP contribution in [-0.2, 0) is 16.4 Å². The molecule has 19 heavy (non-hydrogen) atoms. The molecular formula is C15H19NO2S. The third-order valence-electron chi connectivity index (χ3n) is 3.08. The van der Waals surface area contributed by atoms with Crippen LogP contribution in [0.15, 0.2) is 41.3 Å². The Kier molecular flexibility index (Phi) is 3.92. The molecule has 0 saturated carbocycles. The molecule has 2 aromatic carbocycles. The molecule has 0 amide bonds. The van der Waals surface area contributed by atoms with E-state index in [1.807, 2.05) is 44.2 Å². The lowest BCUT2D eigenvalue weighted by Gasteiger charge is -2.12. The van der Waals surface area contributed by atoms with Crippen LogP contribution in [0.3, 0.4) is 0 Å². The highest BCUT2D eigenvalue weighted by atomic mass is 32.2. The summed E-state index contributed by atoms with van der Waals surface area (Å²) in [6.45, 7) is 4.23. The van der Waals surface area contributed by atoms with E-state index in [4.69, 9.17) is 5.73 Å². The zero-order valence-electron chi connectivity index (χ0n) is 11.3. The molecule has 0 spiro atoms. The number of rotatable bonds is 4. The largest absolute Gasteiger partial charge is 0.326 e. The zero-order valence-corrected chi connectivity index (χ0v) is 12.1. The van der Waals surface area contributed by atoms with Crippen molar-refractivity contribution in [1.29, 1.82) is 0 Å². The van der Waals surface area contributed by atoms with Gasteiger partial charge in [-0.05, 0) is 22.9 Å². The predicted molar refractivity (Wildman–Crippen MR) is 78.7 cm³/mol. The van der Waals surface area contributed by atoms with Crippen LogP contribution >= 0.6 is 0 Å². The van der Waals surface area contributed by atoms with Gasteiger partial charge in [-0.3, -0.25) is 0 Å². The van der Waals surface area contributed by atoms with E-state index in [1.165, 1.54) is 0 Å². The molecule has 2 N–H and O–H groups in total. The Hall–Kier alpha value is -1.39. The average Bonchev–Trinajstić information content (AvgIpc) is 2.35. The first-order valence-corrected chi connectivity index (χ1v) is 8.04. The van der Waals surface area contributed by atoms with Crippen LogP contribution in [0.4, 0.5) is 0 Å². The number of benzene rings is 2. The highest BCUT2D eigenvalue weighted by Crippen LogP contribution is 2.27. The summed E-state index contributed by atoms with van der Waals surface area (Å²) in [6.07, 6.45) is 0. The predicted octanol–water partition coefficient (Wildman–Crippen LogP) is 2.73. The van der Waals surface area contributed by atoms with Gasteiger partial charge in [-0.2, -0.15) is 0 Å². The van der Waals surface area contributed by atoms with Crippen molar-refractivity contribution in [3.63, 3.8) is 0 Å². The van der Waals surface area contributed by atoms with Gasteiger partial charge in [-0.25, -0.2) is 8.42 Å². The summed E-state index contributed by atoms with van der Waals surface area (Å²) in [5.41, 5.74) is 6.68. The normalized spacial score (nSPS) is 12.2. The topological polar surface area (TPSA) is 60.2 Å². The van der Waals surface area contributed by atoms with Gasteiger partial charge < -0.3 is 5.73 Å². The van der Waals surface area contributed by atoms with Crippen LogP contribution in [0.1, 0.15) is 19.4 Å². The molecule has 0 aliphatic heterocycles. The van der Waals surface area contributed by atoms with E-state index in [2.05, 4.69) is 0 Å². The summed E-state index contributed by atoms with van der Waals surface area (Å²) >= 11 is 0. The zero-order chi connectivity index (χ0) is 14.0. The van der Waals surface area contributed by atoms with Gasteiger partial charge in [-0.1, -0.05) is 44.2 Å². The smallest absolute Gasteiger partial charge is 0.179 e. The molecular weight excluding hydrogens is 258 g/mol. The Labute approximate surface area is 114 Å². The summed E-state index contributed by atoms with van der Waals surface area (Å²) in [7, 11) is -3.25. The van der Waals surface area contributed by atoms with Gasteiger partial charge in [-0.15, -0.1) is 0 Å². The lowest BCUT2D eigenvalue weighted by Crippen LogP contribution is -2.12. The minimum atomic E-state index is -3.25. The molecule has 0 unspecified atom stereocenters. The molecule has 0 aliphatic carbocycles. The van der Waals surface area contributed by atoms with E-state index in [0.29, 0.717) is 11.4 Å². The number of hydrogen-bond acceptors (Lipinski definition) is 3. The van der Waals surface area contributed by atoms with Gasteiger partial charge in [0.2, 0.25) is 0 Å². The van der Waals surface area contributed by atoms with Gasteiger partial charge in [0.1, 0.15) is 0 Å². The van der Waals surface area contributed by atoms with E-state index in [1.54, 1.807) is 6.07 Å². The van der Waals surface area contributed by atoms with Crippen molar-refractivity contribution in [3.8, 4) is 0 Å². The van der Waals surface area contributed by atoms with Crippen LogP contribution in [0.25, 0.3) is 10.8 Å². The fourth-order valence-electron chi connectivity index (χ4n) is 2.31. The summed E-state index contributed by atoms with van der Waals surface area (Å²) in [4.78, 5) is 0.411. The van der Waals surface area contributed by atoms with Crippen molar-refractivity contribution in [2.45, 2.75) is 25.3 Å². The fourth-order valence-corrected chi connectivity index (χ4v) is 4.16. The van der Waals surface area contributed by atoms with Crippen LogP contribution < -0.4 is 5.73 Å². The maximum Gasteiger partial charge on any atom is 0.179 e. The molecule has 0 heterocycles. The molecule has 0 fully saturated rings. The Morgan fingerprint density at radius 3 is 2.26 bits per heavy atom. The molecule has 0 radical (unpaired) electrons. The molecule has 2 rings (SSSR count). The molecule has 102 valence electrons. The number of fused-ring (bicyclic) bond motifs is 1. The maximum absolute atomic E-state index is 12.4. The quantitative estimate of drug-likeness (QED) is 0.934. The minimum Gasteiger partial charge on any atom is -0.326 e. The molecule has 0 bridgehead atoms. The molecule has 0 aromatic heterocycles. The highest BCUT2D eigenvalue weighted by Gasteiger charge is 2.19. The van der Waals surface area contributed by atoms with Crippen LogP contribution in [0.5, 0.6) is 0 Å². The first-order chi connectivity index (χ1) is 8.95. The van der Waals surface area contributed by atoms with Gasteiger partial charge in [0.25, 0.3) is 0 Å². The monoisotopic (exact) mass is 277 g/mol. The van der Waals surface area contributed by atoms with E-state index in [-0.39, 0.29) is 11.7 Å². The summed E-state index contributed by atoms with van der Waals surface area (Å²) in [6, 6.07) is 11.0. The third-order valence-corrected chi connectivity index (χ3v) is 5.21. The first kappa shape index (κ1) is 14.0. The van der Waals surface area contributed by atoms with Crippen molar-refractivity contribution < 1.29 is 8.42 Å². The highest BCUT2D eigenvalue weighted by molar-refractivity contribution is 7.91. The van der Waals surface area contributed by atoms with Crippen molar-refractivity contribution in [1.82, 2.24) is 0 Å². The van der Waals surface area contributed by atoms with Crippen LogP contribution in [-0.4, -0.2) is 14.2 Å². The SMILES string of the molecule is CC(C)CS(=O)(=O)c1ccc(CN)c2ccccc12. The molecule has 0 saturated heterocycles. The third kappa shape index (κ3) is 2.80. The Morgan fingerprint density at radius 1 is 1.05 bits per heavy atom. The maximum atomic E-state index is 12.4. The lowest BCUT2D eigenvalue weighted by molar-refractivity contribution is 0.583. The molecule has 2 aromatic rings. The molecule has 0 aliphatic rings. The molecule has 4 heteroatoms. The number of nitrogens with two attached hydrogens (primary N) is 1. The molecule has 0 atom stereocenters. The van der Waals surface area contributed by atoms with Crippen molar-refractivity contribution in [2.75, 3.05) is 5.75 Å². The Bertz CT molecular complexity index is 690. The summed E-state index contributed by atoms with van der Waals surface area (Å²) < 4.78 is 24.8. The van der Waals surface area contributed by atoms with Gasteiger partial charge >= 0.3 is 0 Å². The van der Waals surface area contributed by atoms with Crippen molar-refractivity contribution in [2.24, 2.45) is 11.7 Å². The van der Waals surface area contributed by atoms with Crippen LogP contribution in [0.2, 0.25) is 0 Å². The van der Waals surface area contributed by atoms with Gasteiger partial charge in [0.05, 0.1) is 10.6 Å². The Balaban J connectivity index is 2.69.